The van der Waals surface area contributed by atoms with Gasteiger partial charge in [-0.15, -0.1) is 0 Å². The highest BCUT2D eigenvalue weighted by atomic mass is 16.3. The third-order valence-electron chi connectivity index (χ3n) is 3.16. The molecule has 0 amide bonds. The van der Waals surface area contributed by atoms with Gasteiger partial charge in [-0.05, 0) is 42.5 Å². The third-order valence-corrected chi connectivity index (χ3v) is 3.16. The summed E-state index contributed by atoms with van der Waals surface area (Å²) in [7, 11) is 0. The van der Waals surface area contributed by atoms with E-state index in [1.54, 1.807) is 34.9 Å². The molecule has 3 aromatic rings. The number of hydrogen-bond donors (Lipinski definition) is 1. The van der Waals surface area contributed by atoms with Gasteiger partial charge in [-0.25, -0.2) is 0 Å². The van der Waals surface area contributed by atoms with Crippen molar-refractivity contribution in [1.82, 2.24) is 4.40 Å². The number of phenols is 1. The van der Waals surface area contributed by atoms with Crippen LogP contribution in [0.2, 0.25) is 0 Å². The van der Waals surface area contributed by atoms with Crippen LogP contribution in [0, 0.1) is 11.3 Å². The predicted molar refractivity (Wildman–Crippen MR) is 73.7 cm³/mol. The van der Waals surface area contributed by atoms with Gasteiger partial charge >= 0.3 is 0 Å². The predicted octanol–water partition coefficient (Wildman–Crippen LogP) is 2.75. The number of pyridine rings is 1. The van der Waals surface area contributed by atoms with Gasteiger partial charge in [0.1, 0.15) is 11.8 Å². The minimum absolute atomic E-state index is 0.110. The fourth-order valence-electron chi connectivity index (χ4n) is 2.18. The lowest BCUT2D eigenvalue weighted by atomic mass is 10.1. The Bertz CT molecular complexity index is 839. The normalized spacial score (nSPS) is 10.3. The SMILES string of the molecule is N#Cc1cc(C(=O)c2ccc(O)cc2)n2ccccc12. The van der Waals surface area contributed by atoms with E-state index in [0.29, 0.717) is 22.3 Å². The molecule has 0 fully saturated rings. The smallest absolute Gasteiger partial charge is 0.209 e. The quantitative estimate of drug-likeness (QED) is 0.722. The number of benzene rings is 1. The topological polar surface area (TPSA) is 65.5 Å². The van der Waals surface area contributed by atoms with E-state index in [9.17, 15) is 9.90 Å². The van der Waals surface area contributed by atoms with Gasteiger partial charge in [-0.3, -0.25) is 4.79 Å². The Morgan fingerprint density at radius 1 is 1.15 bits per heavy atom. The van der Waals surface area contributed by atoms with Gasteiger partial charge in [0.25, 0.3) is 0 Å². The summed E-state index contributed by atoms with van der Waals surface area (Å²) in [5.74, 6) is -0.0769. The number of carbonyl (C=O) groups is 1. The van der Waals surface area contributed by atoms with Crippen molar-refractivity contribution < 1.29 is 9.90 Å². The van der Waals surface area contributed by atoms with Gasteiger partial charge in [0.2, 0.25) is 5.78 Å². The Morgan fingerprint density at radius 2 is 1.90 bits per heavy atom. The first-order valence-corrected chi connectivity index (χ1v) is 6.04. The number of rotatable bonds is 2. The van der Waals surface area contributed by atoms with Crippen molar-refractivity contribution in [1.29, 1.82) is 5.26 Å². The van der Waals surface area contributed by atoms with Crippen LogP contribution in [0.5, 0.6) is 5.75 Å². The average Bonchev–Trinajstić information content (AvgIpc) is 2.86. The third kappa shape index (κ3) is 1.82. The van der Waals surface area contributed by atoms with Gasteiger partial charge in [-0.1, -0.05) is 6.07 Å². The molecule has 2 aromatic heterocycles. The van der Waals surface area contributed by atoms with E-state index in [4.69, 9.17) is 5.26 Å². The molecule has 4 heteroatoms. The molecule has 2 heterocycles. The zero-order valence-electron chi connectivity index (χ0n) is 10.4. The first-order chi connectivity index (χ1) is 9.70. The molecule has 0 atom stereocenters. The van der Waals surface area contributed by atoms with E-state index >= 15 is 0 Å². The monoisotopic (exact) mass is 262 g/mol. The number of nitrogens with zero attached hydrogens (tertiary/aromatic N) is 2. The summed E-state index contributed by atoms with van der Waals surface area (Å²) in [6.07, 6.45) is 1.75. The zero-order chi connectivity index (χ0) is 14.1. The van der Waals surface area contributed by atoms with Gasteiger partial charge in [0.05, 0.1) is 16.8 Å². The standard InChI is InChI=1S/C16H10N2O2/c17-10-12-9-15(18-8-2-1-3-14(12)18)16(20)11-4-6-13(19)7-5-11/h1-9,19H. The first kappa shape index (κ1) is 12.0. The summed E-state index contributed by atoms with van der Waals surface area (Å²) in [6.45, 7) is 0. The molecule has 1 N–H and O–H groups in total. The van der Waals surface area contributed by atoms with Crippen LogP contribution in [0.3, 0.4) is 0 Å². The second-order valence-corrected chi connectivity index (χ2v) is 4.39. The molecular formula is C16H10N2O2. The highest BCUT2D eigenvalue weighted by molar-refractivity contribution is 6.09. The Hall–Kier alpha value is -3.06. The Labute approximate surface area is 115 Å². The highest BCUT2D eigenvalue weighted by Crippen LogP contribution is 2.20. The molecule has 96 valence electrons. The molecule has 0 saturated carbocycles. The lowest BCUT2D eigenvalue weighted by molar-refractivity contribution is 0.103. The number of aromatic nitrogens is 1. The van der Waals surface area contributed by atoms with Crippen molar-refractivity contribution in [2.75, 3.05) is 0 Å². The fourth-order valence-corrected chi connectivity index (χ4v) is 2.18. The van der Waals surface area contributed by atoms with E-state index < -0.39 is 0 Å². The van der Waals surface area contributed by atoms with Crippen molar-refractivity contribution in [2.24, 2.45) is 0 Å². The molecule has 0 bridgehead atoms. The molecule has 0 saturated heterocycles. The van der Waals surface area contributed by atoms with Gasteiger partial charge < -0.3 is 9.51 Å². The molecule has 0 aliphatic heterocycles. The minimum atomic E-state index is -0.187. The first-order valence-electron chi connectivity index (χ1n) is 6.04. The van der Waals surface area contributed by atoms with Crippen molar-refractivity contribution in [3.8, 4) is 11.8 Å². The van der Waals surface area contributed by atoms with Crippen LogP contribution in [-0.2, 0) is 0 Å². The largest absolute Gasteiger partial charge is 0.508 e. The Balaban J connectivity index is 2.17. The van der Waals surface area contributed by atoms with Crippen molar-refractivity contribution in [2.45, 2.75) is 0 Å². The van der Waals surface area contributed by atoms with Gasteiger partial charge in [0.15, 0.2) is 0 Å². The fraction of sp³-hybridized carbons (Fsp3) is 0. The summed E-state index contributed by atoms with van der Waals surface area (Å²) in [5, 5.41) is 18.4. The van der Waals surface area contributed by atoms with E-state index in [2.05, 4.69) is 6.07 Å². The number of aromatic hydroxyl groups is 1. The molecule has 1 aromatic carbocycles. The Morgan fingerprint density at radius 3 is 2.60 bits per heavy atom. The molecule has 0 aliphatic rings. The van der Waals surface area contributed by atoms with Crippen molar-refractivity contribution in [3.05, 3.63) is 71.5 Å². The zero-order valence-corrected chi connectivity index (χ0v) is 10.4. The molecule has 3 rings (SSSR count). The van der Waals surface area contributed by atoms with Gasteiger partial charge in [0, 0.05) is 11.8 Å². The molecule has 0 radical (unpaired) electrons. The summed E-state index contributed by atoms with van der Waals surface area (Å²) < 4.78 is 1.70. The van der Waals surface area contributed by atoms with Crippen LogP contribution >= 0.6 is 0 Å². The molecule has 20 heavy (non-hydrogen) atoms. The number of fused-ring (bicyclic) bond motifs is 1. The average molecular weight is 262 g/mol. The van der Waals surface area contributed by atoms with Crippen LogP contribution in [-0.4, -0.2) is 15.3 Å². The maximum atomic E-state index is 12.5. The summed E-state index contributed by atoms with van der Waals surface area (Å²) >= 11 is 0. The van der Waals surface area contributed by atoms with Crippen LogP contribution in [0.4, 0.5) is 0 Å². The second-order valence-electron chi connectivity index (χ2n) is 4.39. The number of phenolic OH excluding ortho intramolecular Hbond substituents is 1. The number of nitriles is 1. The lowest BCUT2D eigenvalue weighted by Gasteiger charge is -2.02. The highest BCUT2D eigenvalue weighted by Gasteiger charge is 2.16. The summed E-state index contributed by atoms with van der Waals surface area (Å²) in [4.78, 5) is 12.5. The van der Waals surface area contributed by atoms with Gasteiger partial charge in [-0.2, -0.15) is 5.26 Å². The molecule has 0 spiro atoms. The summed E-state index contributed by atoms with van der Waals surface area (Å²) in [6, 6.07) is 15.2. The van der Waals surface area contributed by atoms with Crippen molar-refractivity contribution in [3.63, 3.8) is 0 Å². The van der Waals surface area contributed by atoms with Crippen LogP contribution in [0.25, 0.3) is 5.52 Å². The summed E-state index contributed by atoms with van der Waals surface area (Å²) in [5.41, 5.74) is 2.07. The molecule has 0 aliphatic carbocycles. The minimum Gasteiger partial charge on any atom is -0.508 e. The maximum Gasteiger partial charge on any atom is 0.209 e. The second kappa shape index (κ2) is 4.56. The van der Waals surface area contributed by atoms with E-state index in [1.165, 1.54) is 12.1 Å². The lowest BCUT2D eigenvalue weighted by Crippen LogP contribution is -2.04. The van der Waals surface area contributed by atoms with E-state index in [0.717, 1.165) is 0 Å². The number of ketones is 1. The van der Waals surface area contributed by atoms with E-state index in [-0.39, 0.29) is 11.5 Å². The van der Waals surface area contributed by atoms with Crippen LogP contribution in [0.15, 0.2) is 54.7 Å². The van der Waals surface area contributed by atoms with Crippen LogP contribution < -0.4 is 0 Å². The molecule has 4 nitrogen and oxygen atoms in total. The van der Waals surface area contributed by atoms with E-state index in [1.807, 2.05) is 12.1 Å². The van der Waals surface area contributed by atoms with Crippen LogP contribution in [0.1, 0.15) is 21.6 Å². The maximum absolute atomic E-state index is 12.5. The molecule has 0 unspecified atom stereocenters. The Kier molecular flexibility index (Phi) is 2.73. The van der Waals surface area contributed by atoms with Crippen molar-refractivity contribution >= 4 is 11.3 Å². The number of carbonyl (C=O) groups excluding carboxylic acids is 1. The number of hydrogen-bond acceptors (Lipinski definition) is 3. The molecular weight excluding hydrogens is 252 g/mol.